The third-order valence-corrected chi connectivity index (χ3v) is 3.20. The zero-order chi connectivity index (χ0) is 9.14. The van der Waals surface area contributed by atoms with E-state index in [-0.39, 0.29) is 6.10 Å². The summed E-state index contributed by atoms with van der Waals surface area (Å²) in [5.74, 6) is 2.08. The third-order valence-electron chi connectivity index (χ3n) is 3.20. The lowest BCUT2D eigenvalue weighted by molar-refractivity contribution is 0.0354. The molecule has 1 N–H and O–H groups in total. The largest absolute Gasteiger partial charge is 0.393 e. The van der Waals surface area contributed by atoms with E-state index in [4.69, 9.17) is 0 Å². The van der Waals surface area contributed by atoms with Gasteiger partial charge in [-0.25, -0.2) is 0 Å². The first-order valence-electron chi connectivity index (χ1n) is 5.29. The standard InChI is InChI=1S/C11H22O/c1-8(2)7-10-5-4-6-11(12)9(10)3/h8-12H,4-7H2,1-3H3. The molecule has 1 heteroatoms. The number of aliphatic hydroxyl groups excluding tert-OH is 1. The molecule has 1 aliphatic rings. The molecule has 3 unspecified atom stereocenters. The monoisotopic (exact) mass is 170 g/mol. The van der Waals surface area contributed by atoms with Gasteiger partial charge in [-0.1, -0.05) is 27.2 Å². The highest BCUT2D eigenvalue weighted by molar-refractivity contribution is 4.79. The van der Waals surface area contributed by atoms with Crippen LogP contribution in [0.2, 0.25) is 0 Å². The van der Waals surface area contributed by atoms with E-state index in [2.05, 4.69) is 20.8 Å². The molecule has 0 aromatic rings. The Morgan fingerprint density at radius 3 is 2.58 bits per heavy atom. The lowest BCUT2D eigenvalue weighted by atomic mass is 9.75. The second-order valence-corrected chi connectivity index (χ2v) is 4.75. The number of hydrogen-bond acceptors (Lipinski definition) is 1. The van der Waals surface area contributed by atoms with Crippen LogP contribution in [-0.2, 0) is 0 Å². The van der Waals surface area contributed by atoms with E-state index in [9.17, 15) is 5.11 Å². The van der Waals surface area contributed by atoms with E-state index in [1.54, 1.807) is 0 Å². The average molecular weight is 170 g/mol. The van der Waals surface area contributed by atoms with E-state index in [0.29, 0.717) is 5.92 Å². The van der Waals surface area contributed by atoms with Crippen LogP contribution < -0.4 is 0 Å². The molecule has 72 valence electrons. The molecule has 0 aromatic heterocycles. The zero-order valence-corrected chi connectivity index (χ0v) is 8.59. The highest BCUT2D eigenvalue weighted by Crippen LogP contribution is 2.34. The summed E-state index contributed by atoms with van der Waals surface area (Å²) in [5.41, 5.74) is 0. The molecule has 0 amide bonds. The van der Waals surface area contributed by atoms with E-state index in [0.717, 1.165) is 18.3 Å². The summed E-state index contributed by atoms with van der Waals surface area (Å²) in [6, 6.07) is 0. The maximum absolute atomic E-state index is 9.66. The van der Waals surface area contributed by atoms with E-state index in [1.165, 1.54) is 19.3 Å². The molecule has 1 saturated carbocycles. The Morgan fingerprint density at radius 1 is 1.33 bits per heavy atom. The average Bonchev–Trinajstić information content (AvgIpc) is 1.98. The van der Waals surface area contributed by atoms with Crippen LogP contribution in [0.15, 0.2) is 0 Å². The van der Waals surface area contributed by atoms with Crippen LogP contribution in [0.4, 0.5) is 0 Å². The lowest BCUT2D eigenvalue weighted by Gasteiger charge is -2.34. The van der Waals surface area contributed by atoms with Gasteiger partial charge in [0.1, 0.15) is 0 Å². The second kappa shape index (κ2) is 4.27. The van der Waals surface area contributed by atoms with Crippen molar-refractivity contribution in [2.75, 3.05) is 0 Å². The maximum atomic E-state index is 9.66. The van der Waals surface area contributed by atoms with Gasteiger partial charge in [-0.15, -0.1) is 0 Å². The van der Waals surface area contributed by atoms with Gasteiger partial charge in [0.05, 0.1) is 6.10 Å². The molecule has 0 bridgehead atoms. The summed E-state index contributed by atoms with van der Waals surface area (Å²) in [7, 11) is 0. The van der Waals surface area contributed by atoms with Crippen molar-refractivity contribution in [3.8, 4) is 0 Å². The quantitative estimate of drug-likeness (QED) is 0.675. The summed E-state index contributed by atoms with van der Waals surface area (Å²) in [6.07, 6.45) is 4.84. The van der Waals surface area contributed by atoms with Crippen molar-refractivity contribution in [3.05, 3.63) is 0 Å². The molecule has 1 rings (SSSR count). The van der Waals surface area contributed by atoms with Crippen molar-refractivity contribution in [1.29, 1.82) is 0 Å². The van der Waals surface area contributed by atoms with Gasteiger partial charge in [0.15, 0.2) is 0 Å². The molecule has 0 aromatic carbocycles. The number of hydrogen-bond donors (Lipinski definition) is 1. The van der Waals surface area contributed by atoms with Gasteiger partial charge in [-0.05, 0) is 37.0 Å². The number of rotatable bonds is 2. The first-order valence-corrected chi connectivity index (χ1v) is 5.29. The van der Waals surface area contributed by atoms with Crippen LogP contribution in [0.25, 0.3) is 0 Å². The zero-order valence-electron chi connectivity index (χ0n) is 8.59. The second-order valence-electron chi connectivity index (χ2n) is 4.75. The highest BCUT2D eigenvalue weighted by atomic mass is 16.3. The smallest absolute Gasteiger partial charge is 0.0568 e. The first kappa shape index (κ1) is 10.0. The Morgan fingerprint density at radius 2 is 2.00 bits per heavy atom. The minimum atomic E-state index is -0.0255. The molecule has 0 aliphatic heterocycles. The van der Waals surface area contributed by atoms with Gasteiger partial charge in [-0.3, -0.25) is 0 Å². The van der Waals surface area contributed by atoms with Crippen molar-refractivity contribution in [2.45, 2.75) is 52.6 Å². The summed E-state index contributed by atoms with van der Waals surface area (Å²) < 4.78 is 0. The van der Waals surface area contributed by atoms with Gasteiger partial charge in [-0.2, -0.15) is 0 Å². The molecular weight excluding hydrogens is 148 g/mol. The van der Waals surface area contributed by atoms with E-state index >= 15 is 0 Å². The van der Waals surface area contributed by atoms with Crippen molar-refractivity contribution >= 4 is 0 Å². The van der Waals surface area contributed by atoms with Gasteiger partial charge in [0, 0.05) is 0 Å². The van der Waals surface area contributed by atoms with Crippen LogP contribution in [0, 0.1) is 17.8 Å². The minimum Gasteiger partial charge on any atom is -0.393 e. The molecular formula is C11H22O. The highest BCUT2D eigenvalue weighted by Gasteiger charge is 2.28. The van der Waals surface area contributed by atoms with Crippen molar-refractivity contribution < 1.29 is 5.11 Å². The summed E-state index contributed by atoms with van der Waals surface area (Å²) >= 11 is 0. The van der Waals surface area contributed by atoms with Gasteiger partial charge in [0.2, 0.25) is 0 Å². The van der Waals surface area contributed by atoms with Gasteiger partial charge >= 0.3 is 0 Å². The lowest BCUT2D eigenvalue weighted by Crippen LogP contribution is -2.30. The van der Waals surface area contributed by atoms with Gasteiger partial charge < -0.3 is 5.11 Å². The fourth-order valence-corrected chi connectivity index (χ4v) is 2.37. The third kappa shape index (κ3) is 2.48. The Bertz CT molecular complexity index is 131. The molecule has 3 atom stereocenters. The molecule has 1 fully saturated rings. The Labute approximate surface area is 76.2 Å². The van der Waals surface area contributed by atoms with Crippen molar-refractivity contribution in [1.82, 2.24) is 0 Å². The summed E-state index contributed by atoms with van der Waals surface area (Å²) in [5, 5.41) is 9.66. The normalized spacial score (nSPS) is 37.2. The van der Waals surface area contributed by atoms with Crippen molar-refractivity contribution in [2.24, 2.45) is 17.8 Å². The summed E-state index contributed by atoms with van der Waals surface area (Å²) in [4.78, 5) is 0. The molecule has 0 saturated heterocycles. The fraction of sp³-hybridized carbons (Fsp3) is 1.00. The molecule has 0 radical (unpaired) electrons. The topological polar surface area (TPSA) is 20.2 Å². The van der Waals surface area contributed by atoms with Crippen LogP contribution in [0.1, 0.15) is 46.5 Å². The fourth-order valence-electron chi connectivity index (χ4n) is 2.37. The molecule has 1 nitrogen and oxygen atoms in total. The van der Waals surface area contributed by atoms with Crippen LogP contribution >= 0.6 is 0 Å². The predicted molar refractivity (Wildman–Crippen MR) is 52.0 cm³/mol. The molecule has 1 aliphatic carbocycles. The predicted octanol–water partition coefficient (Wildman–Crippen LogP) is 2.83. The summed E-state index contributed by atoms with van der Waals surface area (Å²) in [6.45, 7) is 6.75. The molecule has 12 heavy (non-hydrogen) atoms. The Hall–Kier alpha value is -0.0400. The Balaban J connectivity index is 2.41. The van der Waals surface area contributed by atoms with Crippen LogP contribution in [0.5, 0.6) is 0 Å². The van der Waals surface area contributed by atoms with E-state index < -0.39 is 0 Å². The first-order chi connectivity index (χ1) is 5.61. The van der Waals surface area contributed by atoms with E-state index in [1.807, 2.05) is 0 Å². The number of aliphatic hydroxyl groups is 1. The van der Waals surface area contributed by atoms with Crippen LogP contribution in [-0.4, -0.2) is 11.2 Å². The Kier molecular flexibility index (Phi) is 3.57. The molecule has 0 spiro atoms. The maximum Gasteiger partial charge on any atom is 0.0568 e. The van der Waals surface area contributed by atoms with Gasteiger partial charge in [0.25, 0.3) is 0 Å². The SMILES string of the molecule is CC(C)CC1CCCC(O)C1C. The van der Waals surface area contributed by atoms with Crippen LogP contribution in [0.3, 0.4) is 0 Å². The minimum absolute atomic E-state index is 0.0255. The molecule has 0 heterocycles. The van der Waals surface area contributed by atoms with Crippen molar-refractivity contribution in [3.63, 3.8) is 0 Å².